The third-order valence-corrected chi connectivity index (χ3v) is 4.43. The Bertz CT molecular complexity index is 746. The molecule has 0 aliphatic rings. The van der Waals surface area contributed by atoms with E-state index in [0.29, 0.717) is 11.3 Å². The monoisotopic (exact) mass is 317 g/mol. The lowest BCUT2D eigenvalue weighted by atomic mass is 10.5. The molecule has 0 aliphatic heterocycles. The van der Waals surface area contributed by atoms with Crippen LogP contribution in [0, 0.1) is 5.95 Å². The number of aromatic nitrogens is 3. The zero-order chi connectivity index (χ0) is 14.8. The normalized spacial score (nSPS) is 11.1. The molecule has 2 heterocycles. The number of nitrogens with one attached hydrogen (secondary N) is 2. The number of rotatable bonds is 4. The van der Waals surface area contributed by atoms with Gasteiger partial charge < -0.3 is 5.32 Å². The molecule has 20 heavy (non-hydrogen) atoms. The van der Waals surface area contributed by atoms with Crippen LogP contribution in [0.3, 0.4) is 0 Å². The van der Waals surface area contributed by atoms with Crippen molar-refractivity contribution in [1.29, 1.82) is 0 Å². The Morgan fingerprint density at radius 1 is 1.35 bits per heavy atom. The first-order valence-corrected chi connectivity index (χ1v) is 7.43. The van der Waals surface area contributed by atoms with Gasteiger partial charge in [0.2, 0.25) is 17.0 Å². The van der Waals surface area contributed by atoms with Gasteiger partial charge in [-0.15, -0.1) is 10.2 Å². The molecule has 2 rings (SSSR count). The van der Waals surface area contributed by atoms with E-state index in [2.05, 4.69) is 25.2 Å². The molecule has 0 fully saturated rings. The second kappa shape index (κ2) is 5.46. The molecule has 0 unspecified atom stereocenters. The molecular weight excluding hydrogens is 309 g/mol. The van der Waals surface area contributed by atoms with Crippen molar-refractivity contribution in [3.8, 4) is 0 Å². The zero-order valence-electron chi connectivity index (χ0n) is 9.99. The second-order valence-electron chi connectivity index (χ2n) is 3.51. The lowest BCUT2D eigenvalue weighted by Crippen LogP contribution is -2.14. The minimum Gasteiger partial charge on any atom is -0.301 e. The van der Waals surface area contributed by atoms with Gasteiger partial charge in [0, 0.05) is 6.92 Å². The number of amides is 1. The first-order chi connectivity index (χ1) is 9.37. The molecule has 0 bridgehead atoms. The SMILES string of the molecule is CC(=O)Nc1nnc(S(=O)(=O)Nc2cccc(F)n2)s1. The van der Waals surface area contributed by atoms with Crippen LogP contribution in [0.25, 0.3) is 0 Å². The molecule has 0 atom stereocenters. The summed E-state index contributed by atoms with van der Waals surface area (Å²) in [6.07, 6.45) is 0. The van der Waals surface area contributed by atoms with Crippen molar-refractivity contribution >= 4 is 38.2 Å². The molecule has 0 radical (unpaired) electrons. The van der Waals surface area contributed by atoms with Crippen molar-refractivity contribution in [3.05, 3.63) is 24.1 Å². The van der Waals surface area contributed by atoms with E-state index >= 15 is 0 Å². The first-order valence-electron chi connectivity index (χ1n) is 5.13. The summed E-state index contributed by atoms with van der Waals surface area (Å²) in [7, 11) is -4.03. The lowest BCUT2D eigenvalue weighted by molar-refractivity contribution is -0.114. The van der Waals surface area contributed by atoms with Gasteiger partial charge in [0.15, 0.2) is 0 Å². The molecule has 0 saturated carbocycles. The van der Waals surface area contributed by atoms with Crippen molar-refractivity contribution in [1.82, 2.24) is 15.2 Å². The van der Waals surface area contributed by atoms with Gasteiger partial charge in [-0.3, -0.25) is 9.52 Å². The van der Waals surface area contributed by atoms with Crippen LogP contribution in [-0.2, 0) is 14.8 Å². The Balaban J connectivity index is 2.22. The molecular formula is C9H8FN5O3S2. The molecule has 2 N–H and O–H groups in total. The van der Waals surface area contributed by atoms with E-state index < -0.39 is 21.9 Å². The van der Waals surface area contributed by atoms with Gasteiger partial charge in [0.1, 0.15) is 5.82 Å². The van der Waals surface area contributed by atoms with Gasteiger partial charge in [0.05, 0.1) is 0 Å². The van der Waals surface area contributed by atoms with E-state index in [1.165, 1.54) is 19.1 Å². The fourth-order valence-electron chi connectivity index (χ4n) is 1.17. The standard InChI is InChI=1S/C9H8FN5O3S2/c1-5(16)11-8-13-14-9(19-8)20(17,18)15-7-4-2-3-6(10)12-7/h2-4H,1H3,(H,12,15)(H,11,13,16). The average Bonchev–Trinajstić information content (AvgIpc) is 2.76. The summed E-state index contributed by atoms with van der Waals surface area (Å²) >= 11 is 0.665. The van der Waals surface area contributed by atoms with Crippen LogP contribution >= 0.6 is 11.3 Å². The van der Waals surface area contributed by atoms with E-state index in [4.69, 9.17) is 0 Å². The Labute approximate surface area is 117 Å². The predicted molar refractivity (Wildman–Crippen MR) is 69.2 cm³/mol. The number of nitrogens with zero attached hydrogens (tertiary/aromatic N) is 3. The number of carbonyl (C=O) groups is 1. The molecule has 2 aromatic rings. The van der Waals surface area contributed by atoms with Crippen molar-refractivity contribution in [2.24, 2.45) is 0 Å². The van der Waals surface area contributed by atoms with Crippen molar-refractivity contribution in [2.45, 2.75) is 11.3 Å². The summed E-state index contributed by atoms with van der Waals surface area (Å²) < 4.78 is 38.4. The molecule has 11 heteroatoms. The quantitative estimate of drug-likeness (QED) is 0.638. The fraction of sp³-hybridized carbons (Fsp3) is 0.111. The van der Waals surface area contributed by atoms with Gasteiger partial charge in [-0.05, 0) is 12.1 Å². The van der Waals surface area contributed by atoms with Crippen LogP contribution in [0.1, 0.15) is 6.92 Å². The summed E-state index contributed by atoms with van der Waals surface area (Å²) in [4.78, 5) is 14.2. The number of pyridine rings is 1. The highest BCUT2D eigenvalue weighted by Gasteiger charge is 2.21. The van der Waals surface area contributed by atoms with E-state index in [1.54, 1.807) is 0 Å². The van der Waals surface area contributed by atoms with Crippen LogP contribution in [0.15, 0.2) is 22.5 Å². The smallest absolute Gasteiger partial charge is 0.292 e. The van der Waals surface area contributed by atoms with Gasteiger partial charge >= 0.3 is 0 Å². The first kappa shape index (κ1) is 14.3. The summed E-state index contributed by atoms with van der Waals surface area (Å²) in [6, 6.07) is 3.68. The van der Waals surface area contributed by atoms with Crippen LogP contribution in [0.2, 0.25) is 0 Å². The third-order valence-electron chi connectivity index (χ3n) is 1.87. The maximum atomic E-state index is 12.9. The number of hydrogen-bond acceptors (Lipinski definition) is 7. The zero-order valence-corrected chi connectivity index (χ0v) is 11.6. The summed E-state index contributed by atoms with van der Waals surface area (Å²) in [5.74, 6) is -1.40. The van der Waals surface area contributed by atoms with E-state index in [0.717, 1.165) is 6.07 Å². The largest absolute Gasteiger partial charge is 0.301 e. The molecule has 0 aliphatic carbocycles. The van der Waals surface area contributed by atoms with Crippen molar-refractivity contribution in [3.63, 3.8) is 0 Å². The maximum absolute atomic E-state index is 12.9. The Hall–Kier alpha value is -2.14. The molecule has 2 aromatic heterocycles. The van der Waals surface area contributed by atoms with E-state index in [-0.39, 0.29) is 15.3 Å². The highest BCUT2D eigenvalue weighted by molar-refractivity contribution is 7.94. The molecule has 0 saturated heterocycles. The number of halogens is 1. The Morgan fingerprint density at radius 2 is 2.10 bits per heavy atom. The van der Waals surface area contributed by atoms with Gasteiger partial charge in [-0.1, -0.05) is 17.4 Å². The highest BCUT2D eigenvalue weighted by Crippen LogP contribution is 2.21. The topological polar surface area (TPSA) is 114 Å². The Kier molecular flexibility index (Phi) is 3.90. The minimum absolute atomic E-state index is 0.0464. The van der Waals surface area contributed by atoms with Gasteiger partial charge in [-0.2, -0.15) is 12.8 Å². The molecule has 0 aromatic carbocycles. The van der Waals surface area contributed by atoms with E-state index in [9.17, 15) is 17.6 Å². The number of sulfonamides is 1. The summed E-state index contributed by atoms with van der Waals surface area (Å²) in [5, 5.41) is 9.30. The summed E-state index contributed by atoms with van der Waals surface area (Å²) in [5.41, 5.74) is 0. The number of hydrogen-bond donors (Lipinski definition) is 2. The fourth-order valence-corrected chi connectivity index (χ4v) is 3.11. The maximum Gasteiger partial charge on any atom is 0.292 e. The van der Waals surface area contributed by atoms with Crippen LogP contribution in [0.4, 0.5) is 15.3 Å². The number of anilines is 2. The predicted octanol–water partition coefficient (Wildman–Crippen LogP) is 0.831. The lowest BCUT2D eigenvalue weighted by Gasteiger charge is -2.03. The summed E-state index contributed by atoms with van der Waals surface area (Å²) in [6.45, 7) is 1.25. The highest BCUT2D eigenvalue weighted by atomic mass is 32.2. The van der Waals surface area contributed by atoms with Crippen LogP contribution < -0.4 is 10.0 Å². The van der Waals surface area contributed by atoms with Crippen LogP contribution in [-0.4, -0.2) is 29.5 Å². The van der Waals surface area contributed by atoms with Crippen molar-refractivity contribution < 1.29 is 17.6 Å². The van der Waals surface area contributed by atoms with Crippen LogP contribution in [0.5, 0.6) is 0 Å². The Morgan fingerprint density at radius 3 is 2.75 bits per heavy atom. The molecule has 106 valence electrons. The minimum atomic E-state index is -4.03. The third kappa shape index (κ3) is 3.45. The van der Waals surface area contributed by atoms with E-state index in [1.807, 2.05) is 0 Å². The second-order valence-corrected chi connectivity index (χ2v) is 6.34. The average molecular weight is 317 g/mol. The van der Waals surface area contributed by atoms with Gasteiger partial charge in [-0.25, -0.2) is 4.98 Å². The van der Waals surface area contributed by atoms with Gasteiger partial charge in [0.25, 0.3) is 14.4 Å². The molecule has 1 amide bonds. The number of carbonyl (C=O) groups excluding carboxylic acids is 1. The molecule has 8 nitrogen and oxygen atoms in total. The molecule has 0 spiro atoms. The van der Waals surface area contributed by atoms with Crippen molar-refractivity contribution in [2.75, 3.05) is 10.0 Å².